The predicted octanol–water partition coefficient (Wildman–Crippen LogP) is 0.787. The second-order valence-corrected chi connectivity index (χ2v) is 7.69. The van der Waals surface area contributed by atoms with Crippen LogP contribution in [0, 0.1) is 5.92 Å². The first-order valence-corrected chi connectivity index (χ1v) is 8.91. The van der Waals surface area contributed by atoms with Crippen LogP contribution in [0.4, 0.5) is 0 Å². The lowest BCUT2D eigenvalue weighted by Gasteiger charge is -2.27. The number of sulfone groups is 1. The standard InChI is InChI=1S/C13H26N2O3S/c1-3-15(12-7-9-19(17,18)10-12)13(16)5-4-11(2)6-8-14/h11-12H,3-10,14H2,1-2H3. The Hall–Kier alpha value is -0.620. The number of carbonyl (C=O) groups excluding carboxylic acids is 1. The van der Waals surface area contributed by atoms with Gasteiger partial charge in [-0.1, -0.05) is 6.92 Å². The second-order valence-electron chi connectivity index (χ2n) is 5.46. The van der Waals surface area contributed by atoms with Crippen molar-refractivity contribution in [2.45, 2.75) is 45.6 Å². The third-order valence-electron chi connectivity index (χ3n) is 3.82. The topological polar surface area (TPSA) is 80.5 Å². The average Bonchev–Trinajstić information content (AvgIpc) is 2.68. The van der Waals surface area contributed by atoms with E-state index in [4.69, 9.17) is 5.73 Å². The van der Waals surface area contributed by atoms with Crippen molar-refractivity contribution in [3.8, 4) is 0 Å². The minimum Gasteiger partial charge on any atom is -0.339 e. The molecule has 5 nitrogen and oxygen atoms in total. The Morgan fingerprint density at radius 1 is 1.42 bits per heavy atom. The van der Waals surface area contributed by atoms with E-state index in [0.717, 1.165) is 12.8 Å². The molecule has 0 bridgehead atoms. The molecule has 6 heteroatoms. The predicted molar refractivity (Wildman–Crippen MR) is 76.5 cm³/mol. The van der Waals surface area contributed by atoms with Crippen LogP contribution in [0.25, 0.3) is 0 Å². The van der Waals surface area contributed by atoms with Crippen molar-refractivity contribution in [1.29, 1.82) is 0 Å². The van der Waals surface area contributed by atoms with E-state index in [1.807, 2.05) is 6.92 Å². The molecular weight excluding hydrogens is 264 g/mol. The summed E-state index contributed by atoms with van der Waals surface area (Å²) >= 11 is 0. The highest BCUT2D eigenvalue weighted by molar-refractivity contribution is 7.91. The SMILES string of the molecule is CCN(C(=O)CCC(C)CCN)C1CCS(=O)(=O)C1. The molecule has 0 aliphatic carbocycles. The van der Waals surface area contributed by atoms with Gasteiger partial charge in [0.05, 0.1) is 11.5 Å². The minimum absolute atomic E-state index is 0.0773. The number of nitrogens with two attached hydrogens (primary N) is 1. The van der Waals surface area contributed by atoms with Gasteiger partial charge in [-0.25, -0.2) is 8.42 Å². The van der Waals surface area contributed by atoms with E-state index < -0.39 is 9.84 Å². The molecule has 0 aromatic carbocycles. The summed E-state index contributed by atoms with van der Waals surface area (Å²) in [6.45, 7) is 5.24. The van der Waals surface area contributed by atoms with E-state index in [9.17, 15) is 13.2 Å². The number of carbonyl (C=O) groups is 1. The van der Waals surface area contributed by atoms with Gasteiger partial charge in [0.1, 0.15) is 0 Å². The monoisotopic (exact) mass is 290 g/mol. The molecule has 1 aliphatic heterocycles. The van der Waals surface area contributed by atoms with Gasteiger partial charge in [-0.3, -0.25) is 4.79 Å². The molecule has 2 N–H and O–H groups in total. The van der Waals surface area contributed by atoms with Crippen molar-refractivity contribution in [2.75, 3.05) is 24.6 Å². The van der Waals surface area contributed by atoms with Crippen molar-refractivity contribution < 1.29 is 13.2 Å². The molecule has 1 heterocycles. The molecule has 0 saturated carbocycles. The maximum Gasteiger partial charge on any atom is 0.222 e. The number of nitrogens with zero attached hydrogens (tertiary/aromatic N) is 1. The van der Waals surface area contributed by atoms with E-state index in [2.05, 4.69) is 6.92 Å². The molecule has 2 unspecified atom stereocenters. The summed E-state index contributed by atoms with van der Waals surface area (Å²) < 4.78 is 23.0. The molecule has 1 aliphatic rings. The van der Waals surface area contributed by atoms with Gasteiger partial charge in [-0.2, -0.15) is 0 Å². The highest BCUT2D eigenvalue weighted by Gasteiger charge is 2.33. The molecule has 0 radical (unpaired) electrons. The van der Waals surface area contributed by atoms with Gasteiger partial charge in [0, 0.05) is 19.0 Å². The van der Waals surface area contributed by atoms with E-state index in [-0.39, 0.29) is 23.5 Å². The minimum atomic E-state index is -2.93. The summed E-state index contributed by atoms with van der Waals surface area (Å²) in [4.78, 5) is 13.9. The molecule has 1 saturated heterocycles. The van der Waals surface area contributed by atoms with Crippen LogP contribution < -0.4 is 5.73 Å². The van der Waals surface area contributed by atoms with Crippen molar-refractivity contribution in [3.63, 3.8) is 0 Å². The molecule has 1 rings (SSSR count). The molecule has 0 aromatic rings. The maximum atomic E-state index is 12.2. The van der Waals surface area contributed by atoms with Gasteiger partial charge >= 0.3 is 0 Å². The zero-order valence-electron chi connectivity index (χ0n) is 12.0. The van der Waals surface area contributed by atoms with Crippen LogP contribution in [0.15, 0.2) is 0 Å². The van der Waals surface area contributed by atoms with E-state index in [1.54, 1.807) is 4.90 Å². The molecular formula is C13H26N2O3S. The van der Waals surface area contributed by atoms with Crippen LogP contribution in [0.2, 0.25) is 0 Å². The normalized spacial score (nSPS) is 23.2. The lowest BCUT2D eigenvalue weighted by atomic mass is 10.0. The number of hydrogen-bond acceptors (Lipinski definition) is 4. The van der Waals surface area contributed by atoms with Gasteiger partial charge in [-0.05, 0) is 38.6 Å². The molecule has 2 atom stereocenters. The average molecular weight is 290 g/mol. The fourth-order valence-corrected chi connectivity index (χ4v) is 4.33. The van der Waals surface area contributed by atoms with Gasteiger partial charge in [-0.15, -0.1) is 0 Å². The first kappa shape index (κ1) is 16.4. The van der Waals surface area contributed by atoms with Crippen molar-refractivity contribution in [2.24, 2.45) is 11.7 Å². The molecule has 112 valence electrons. The quantitative estimate of drug-likeness (QED) is 0.751. The third-order valence-corrected chi connectivity index (χ3v) is 5.57. The summed E-state index contributed by atoms with van der Waals surface area (Å²) in [6, 6.07) is -0.118. The largest absolute Gasteiger partial charge is 0.339 e. The van der Waals surface area contributed by atoms with Crippen molar-refractivity contribution >= 4 is 15.7 Å². The van der Waals surface area contributed by atoms with Crippen LogP contribution in [0.1, 0.15) is 39.5 Å². The third kappa shape index (κ3) is 5.10. The van der Waals surface area contributed by atoms with Crippen LogP contribution >= 0.6 is 0 Å². The number of amides is 1. The second kappa shape index (κ2) is 7.24. The lowest BCUT2D eigenvalue weighted by molar-refractivity contribution is -0.133. The van der Waals surface area contributed by atoms with Gasteiger partial charge in [0.25, 0.3) is 0 Å². The fourth-order valence-electron chi connectivity index (χ4n) is 2.60. The number of hydrogen-bond donors (Lipinski definition) is 1. The summed E-state index contributed by atoms with van der Waals surface area (Å²) in [7, 11) is -2.93. The highest BCUT2D eigenvalue weighted by Crippen LogP contribution is 2.19. The van der Waals surface area contributed by atoms with Crippen molar-refractivity contribution in [1.82, 2.24) is 4.90 Å². The van der Waals surface area contributed by atoms with Crippen LogP contribution in [-0.4, -0.2) is 49.9 Å². The number of rotatable bonds is 7. The summed E-state index contributed by atoms with van der Waals surface area (Å²) in [6.07, 6.45) is 2.83. The Kier molecular flexibility index (Phi) is 6.26. The Morgan fingerprint density at radius 2 is 2.11 bits per heavy atom. The Bertz CT molecular complexity index is 395. The smallest absolute Gasteiger partial charge is 0.222 e. The Labute approximate surface area is 116 Å². The lowest BCUT2D eigenvalue weighted by Crippen LogP contribution is -2.41. The Balaban J connectivity index is 2.49. The van der Waals surface area contributed by atoms with Crippen molar-refractivity contribution in [3.05, 3.63) is 0 Å². The zero-order valence-corrected chi connectivity index (χ0v) is 12.8. The summed E-state index contributed by atoms with van der Waals surface area (Å²) in [5.74, 6) is 0.865. The molecule has 0 spiro atoms. The van der Waals surface area contributed by atoms with Crippen LogP contribution in [0.5, 0.6) is 0 Å². The van der Waals surface area contributed by atoms with E-state index in [1.165, 1.54) is 0 Å². The Morgan fingerprint density at radius 3 is 2.58 bits per heavy atom. The zero-order chi connectivity index (χ0) is 14.5. The van der Waals surface area contributed by atoms with E-state index >= 15 is 0 Å². The van der Waals surface area contributed by atoms with Crippen LogP contribution in [-0.2, 0) is 14.6 Å². The molecule has 1 fully saturated rings. The maximum absolute atomic E-state index is 12.2. The first-order valence-electron chi connectivity index (χ1n) is 7.09. The highest BCUT2D eigenvalue weighted by atomic mass is 32.2. The van der Waals surface area contributed by atoms with Gasteiger partial charge in [0.2, 0.25) is 5.91 Å². The molecule has 1 amide bonds. The fraction of sp³-hybridized carbons (Fsp3) is 0.923. The van der Waals surface area contributed by atoms with Gasteiger partial charge < -0.3 is 10.6 Å². The van der Waals surface area contributed by atoms with Gasteiger partial charge in [0.15, 0.2) is 9.84 Å². The summed E-state index contributed by atoms with van der Waals surface area (Å²) in [5, 5.41) is 0. The molecule has 19 heavy (non-hydrogen) atoms. The first-order chi connectivity index (χ1) is 8.89. The molecule has 0 aromatic heterocycles. The van der Waals surface area contributed by atoms with E-state index in [0.29, 0.717) is 31.8 Å². The van der Waals surface area contributed by atoms with Crippen LogP contribution in [0.3, 0.4) is 0 Å². The summed E-state index contributed by atoms with van der Waals surface area (Å²) in [5.41, 5.74) is 5.49.